The molecule has 0 amide bonds. The summed E-state index contributed by atoms with van der Waals surface area (Å²) in [4.78, 5) is 10.4. The number of nitro benzene ring substituents is 1. The van der Waals surface area contributed by atoms with Crippen molar-refractivity contribution in [2.45, 2.75) is 39.7 Å². The molecule has 5 heteroatoms. The van der Waals surface area contributed by atoms with Crippen molar-refractivity contribution in [2.24, 2.45) is 5.92 Å². The van der Waals surface area contributed by atoms with Gasteiger partial charge in [0.1, 0.15) is 11.6 Å². The molecule has 0 aliphatic rings. The minimum Gasteiger partial charge on any atom is -0.382 e. The molecular weight excluding hydrogens is 242 g/mol. The molecule has 1 N–H and O–H groups in total. The normalized spacial score (nSPS) is 11.9. The Morgan fingerprint density at radius 2 is 2.05 bits per heavy atom. The number of hydrogen-bond acceptors (Lipinski definition) is 4. The van der Waals surface area contributed by atoms with Crippen LogP contribution < -0.4 is 5.32 Å². The number of nitro groups is 1. The second-order valence-electron chi connectivity index (χ2n) is 4.61. The fraction of sp³-hybridized carbons (Fsp3) is 0.500. The maximum absolute atomic E-state index is 10.9. The van der Waals surface area contributed by atoms with Crippen LogP contribution in [0.3, 0.4) is 0 Å². The van der Waals surface area contributed by atoms with Crippen molar-refractivity contribution in [3.05, 3.63) is 33.9 Å². The van der Waals surface area contributed by atoms with Crippen molar-refractivity contribution in [1.29, 1.82) is 5.26 Å². The van der Waals surface area contributed by atoms with E-state index in [2.05, 4.69) is 26.1 Å². The van der Waals surface area contributed by atoms with Crippen LogP contribution >= 0.6 is 0 Å². The molecule has 0 radical (unpaired) electrons. The van der Waals surface area contributed by atoms with Gasteiger partial charge < -0.3 is 5.32 Å². The molecule has 0 aromatic heterocycles. The average molecular weight is 261 g/mol. The van der Waals surface area contributed by atoms with Crippen LogP contribution in [0.1, 0.15) is 39.2 Å². The van der Waals surface area contributed by atoms with E-state index in [4.69, 9.17) is 5.26 Å². The van der Waals surface area contributed by atoms with Crippen molar-refractivity contribution in [3.8, 4) is 6.07 Å². The first-order valence-electron chi connectivity index (χ1n) is 6.48. The van der Waals surface area contributed by atoms with Gasteiger partial charge in [0, 0.05) is 17.8 Å². The molecule has 1 aromatic rings. The van der Waals surface area contributed by atoms with Gasteiger partial charge in [0.2, 0.25) is 0 Å². The summed E-state index contributed by atoms with van der Waals surface area (Å²) in [6.07, 6.45) is 2.12. The lowest BCUT2D eigenvalue weighted by atomic mass is 9.95. The van der Waals surface area contributed by atoms with E-state index in [0.29, 0.717) is 11.6 Å². The highest BCUT2D eigenvalue weighted by atomic mass is 16.6. The minimum absolute atomic E-state index is 0.0886. The molecular formula is C14H19N3O2. The summed E-state index contributed by atoms with van der Waals surface area (Å²) in [5.74, 6) is 0.523. The zero-order valence-electron chi connectivity index (χ0n) is 11.5. The van der Waals surface area contributed by atoms with Crippen LogP contribution in [0.15, 0.2) is 18.2 Å². The second kappa shape index (κ2) is 6.74. The van der Waals surface area contributed by atoms with Crippen LogP contribution in [0.25, 0.3) is 0 Å². The summed E-state index contributed by atoms with van der Waals surface area (Å²) in [5, 5.41) is 23.0. The van der Waals surface area contributed by atoms with Crippen molar-refractivity contribution in [3.63, 3.8) is 0 Å². The molecule has 0 saturated carbocycles. The molecule has 102 valence electrons. The zero-order chi connectivity index (χ0) is 14.4. The average Bonchev–Trinajstić information content (AvgIpc) is 2.40. The first-order valence-corrected chi connectivity index (χ1v) is 6.48. The van der Waals surface area contributed by atoms with Gasteiger partial charge in [-0.05, 0) is 25.0 Å². The molecule has 0 saturated heterocycles. The second-order valence-corrected chi connectivity index (χ2v) is 4.61. The fourth-order valence-electron chi connectivity index (χ4n) is 2.24. The molecule has 0 heterocycles. The van der Waals surface area contributed by atoms with E-state index in [1.807, 2.05) is 6.07 Å². The lowest BCUT2D eigenvalue weighted by molar-refractivity contribution is -0.385. The number of rotatable bonds is 6. The lowest BCUT2D eigenvalue weighted by Gasteiger charge is -2.23. The van der Waals surface area contributed by atoms with E-state index < -0.39 is 4.92 Å². The molecule has 1 rings (SSSR count). The number of nitriles is 1. The standard InChI is InChI=1S/C14H19N3O2/c1-4-11(5-2)10(3)16-13-7-6-12(9-15)14(8-13)17(18)19/h6-8,10-11,16H,4-5H2,1-3H3. The largest absolute Gasteiger partial charge is 0.382 e. The number of benzene rings is 1. The Morgan fingerprint density at radius 3 is 2.53 bits per heavy atom. The van der Waals surface area contributed by atoms with Crippen molar-refractivity contribution >= 4 is 11.4 Å². The summed E-state index contributed by atoms with van der Waals surface area (Å²) >= 11 is 0. The Hall–Kier alpha value is -2.09. The fourth-order valence-corrected chi connectivity index (χ4v) is 2.24. The highest BCUT2D eigenvalue weighted by molar-refractivity contribution is 5.59. The van der Waals surface area contributed by atoms with Crippen LogP contribution in [0, 0.1) is 27.4 Å². The Morgan fingerprint density at radius 1 is 1.42 bits per heavy atom. The van der Waals surface area contributed by atoms with Gasteiger partial charge in [-0.1, -0.05) is 26.7 Å². The van der Waals surface area contributed by atoms with Crippen LogP contribution in [0.4, 0.5) is 11.4 Å². The van der Waals surface area contributed by atoms with Crippen LogP contribution in [-0.2, 0) is 0 Å². The molecule has 19 heavy (non-hydrogen) atoms. The molecule has 0 fully saturated rings. The zero-order valence-corrected chi connectivity index (χ0v) is 11.5. The van der Waals surface area contributed by atoms with Crippen molar-refractivity contribution < 1.29 is 4.92 Å². The maximum Gasteiger partial charge on any atom is 0.289 e. The molecule has 0 aliphatic carbocycles. The Labute approximate surface area is 113 Å². The first-order chi connectivity index (χ1) is 9.03. The van der Waals surface area contributed by atoms with Gasteiger partial charge >= 0.3 is 0 Å². The van der Waals surface area contributed by atoms with E-state index >= 15 is 0 Å². The van der Waals surface area contributed by atoms with Gasteiger partial charge in [-0.2, -0.15) is 5.26 Å². The van der Waals surface area contributed by atoms with Crippen molar-refractivity contribution in [1.82, 2.24) is 0 Å². The van der Waals surface area contributed by atoms with Gasteiger partial charge in [-0.3, -0.25) is 10.1 Å². The predicted octanol–water partition coefficient (Wildman–Crippen LogP) is 3.70. The number of anilines is 1. The third kappa shape index (κ3) is 3.68. The van der Waals surface area contributed by atoms with Crippen LogP contribution in [-0.4, -0.2) is 11.0 Å². The summed E-state index contributed by atoms with van der Waals surface area (Å²) in [5.41, 5.74) is 0.625. The smallest absolute Gasteiger partial charge is 0.289 e. The first kappa shape index (κ1) is 15.0. The Bertz CT molecular complexity index is 490. The van der Waals surface area contributed by atoms with E-state index in [0.717, 1.165) is 12.8 Å². The molecule has 1 atom stereocenters. The summed E-state index contributed by atoms with van der Waals surface area (Å²) in [6.45, 7) is 6.34. The SMILES string of the molecule is CCC(CC)C(C)Nc1ccc(C#N)c([N+](=O)[O-])c1. The molecule has 0 spiro atoms. The Kier molecular flexibility index (Phi) is 5.31. The van der Waals surface area contributed by atoms with E-state index in [1.165, 1.54) is 12.1 Å². The van der Waals surface area contributed by atoms with E-state index in [1.54, 1.807) is 6.07 Å². The van der Waals surface area contributed by atoms with Crippen LogP contribution in [0.2, 0.25) is 0 Å². The molecule has 5 nitrogen and oxygen atoms in total. The highest BCUT2D eigenvalue weighted by Crippen LogP contribution is 2.24. The summed E-state index contributed by atoms with van der Waals surface area (Å²) in [7, 11) is 0. The van der Waals surface area contributed by atoms with E-state index in [9.17, 15) is 10.1 Å². The number of hydrogen-bond donors (Lipinski definition) is 1. The molecule has 1 unspecified atom stereocenters. The van der Waals surface area contributed by atoms with Gasteiger partial charge in [0.05, 0.1) is 4.92 Å². The van der Waals surface area contributed by atoms with Gasteiger partial charge in [0.15, 0.2) is 0 Å². The number of nitrogens with zero attached hydrogens (tertiary/aromatic N) is 2. The summed E-state index contributed by atoms with van der Waals surface area (Å²) < 4.78 is 0. The third-order valence-corrected chi connectivity index (χ3v) is 3.47. The molecule has 1 aromatic carbocycles. The summed E-state index contributed by atoms with van der Waals surface area (Å²) in [6, 6.07) is 6.70. The Balaban J connectivity index is 2.94. The van der Waals surface area contributed by atoms with Gasteiger partial charge in [0.25, 0.3) is 5.69 Å². The van der Waals surface area contributed by atoms with Gasteiger partial charge in [-0.25, -0.2) is 0 Å². The highest BCUT2D eigenvalue weighted by Gasteiger charge is 2.17. The van der Waals surface area contributed by atoms with Crippen molar-refractivity contribution in [2.75, 3.05) is 5.32 Å². The molecule has 0 bridgehead atoms. The topological polar surface area (TPSA) is 79.0 Å². The van der Waals surface area contributed by atoms with Crippen LogP contribution in [0.5, 0.6) is 0 Å². The third-order valence-electron chi connectivity index (χ3n) is 3.47. The lowest BCUT2D eigenvalue weighted by Crippen LogP contribution is -2.25. The van der Waals surface area contributed by atoms with Gasteiger partial charge in [-0.15, -0.1) is 0 Å². The maximum atomic E-state index is 10.9. The van der Waals surface area contributed by atoms with E-state index in [-0.39, 0.29) is 17.3 Å². The monoisotopic (exact) mass is 261 g/mol. The minimum atomic E-state index is -0.522. The quantitative estimate of drug-likeness (QED) is 0.625. The molecule has 0 aliphatic heterocycles. The predicted molar refractivity (Wildman–Crippen MR) is 75.0 cm³/mol. The number of nitrogens with one attached hydrogen (secondary N) is 1.